The van der Waals surface area contributed by atoms with Gasteiger partial charge < -0.3 is 4.74 Å². The van der Waals surface area contributed by atoms with E-state index in [-0.39, 0.29) is 12.4 Å². The van der Waals surface area contributed by atoms with Gasteiger partial charge in [-0.05, 0) is 30.7 Å². The highest BCUT2D eigenvalue weighted by atomic mass is 16.5. The van der Waals surface area contributed by atoms with E-state index in [2.05, 4.69) is 9.97 Å². The molecule has 0 aliphatic heterocycles. The molecule has 0 unspecified atom stereocenters. The quantitative estimate of drug-likeness (QED) is 0.733. The van der Waals surface area contributed by atoms with E-state index in [0.29, 0.717) is 6.61 Å². The van der Waals surface area contributed by atoms with Crippen molar-refractivity contribution in [3.05, 3.63) is 36.2 Å². The van der Waals surface area contributed by atoms with Gasteiger partial charge in [0.15, 0.2) is 0 Å². The van der Waals surface area contributed by atoms with Crippen molar-refractivity contribution >= 4 is 17.0 Å². The summed E-state index contributed by atoms with van der Waals surface area (Å²) >= 11 is 0. The molecule has 0 aliphatic carbocycles. The number of ether oxygens (including phenoxy) is 1. The lowest BCUT2D eigenvalue weighted by Gasteiger charge is -2.02. The Kier molecular flexibility index (Phi) is 3.10. The molecule has 0 radical (unpaired) electrons. The van der Waals surface area contributed by atoms with Gasteiger partial charge in [-0.15, -0.1) is 0 Å². The summed E-state index contributed by atoms with van der Waals surface area (Å²) < 4.78 is 4.87. The van der Waals surface area contributed by atoms with Crippen LogP contribution in [0.3, 0.4) is 0 Å². The Bertz CT molecular complexity index is 511. The molecule has 0 fully saturated rings. The molecule has 16 heavy (non-hydrogen) atoms. The average molecular weight is 216 g/mol. The van der Waals surface area contributed by atoms with Gasteiger partial charge >= 0.3 is 5.97 Å². The maximum Gasteiger partial charge on any atom is 0.310 e. The fraction of sp³-hybridized carbons (Fsp3) is 0.250. The van der Waals surface area contributed by atoms with E-state index in [1.54, 1.807) is 19.3 Å². The highest BCUT2D eigenvalue weighted by molar-refractivity contribution is 5.77. The summed E-state index contributed by atoms with van der Waals surface area (Å²) in [5.41, 5.74) is 2.45. The number of esters is 1. The minimum atomic E-state index is -0.236. The van der Waals surface area contributed by atoms with Crippen LogP contribution in [0.5, 0.6) is 0 Å². The van der Waals surface area contributed by atoms with Crippen LogP contribution in [0.15, 0.2) is 30.6 Å². The minimum Gasteiger partial charge on any atom is -0.466 e. The highest BCUT2D eigenvalue weighted by Crippen LogP contribution is 2.10. The van der Waals surface area contributed by atoms with Crippen LogP contribution < -0.4 is 0 Å². The van der Waals surface area contributed by atoms with Crippen molar-refractivity contribution in [2.24, 2.45) is 0 Å². The number of rotatable bonds is 3. The van der Waals surface area contributed by atoms with Crippen LogP contribution in [-0.2, 0) is 16.0 Å². The van der Waals surface area contributed by atoms with Crippen molar-refractivity contribution < 1.29 is 9.53 Å². The first-order valence-corrected chi connectivity index (χ1v) is 5.15. The average Bonchev–Trinajstić information content (AvgIpc) is 2.29. The van der Waals surface area contributed by atoms with E-state index < -0.39 is 0 Å². The van der Waals surface area contributed by atoms with E-state index in [1.165, 1.54) is 0 Å². The van der Waals surface area contributed by atoms with Gasteiger partial charge in [0.25, 0.3) is 0 Å². The molecule has 2 aromatic heterocycles. The Morgan fingerprint density at radius 2 is 2.25 bits per heavy atom. The van der Waals surface area contributed by atoms with Gasteiger partial charge in [-0.2, -0.15) is 0 Å². The number of fused-ring (bicyclic) bond motifs is 1. The second-order valence-corrected chi connectivity index (χ2v) is 3.37. The summed E-state index contributed by atoms with van der Waals surface area (Å²) in [6.45, 7) is 2.19. The predicted molar refractivity (Wildman–Crippen MR) is 59.9 cm³/mol. The number of pyridine rings is 2. The topological polar surface area (TPSA) is 52.1 Å². The van der Waals surface area contributed by atoms with E-state index in [0.717, 1.165) is 16.6 Å². The number of hydrogen-bond donors (Lipinski definition) is 0. The second-order valence-electron chi connectivity index (χ2n) is 3.37. The molecule has 82 valence electrons. The monoisotopic (exact) mass is 216 g/mol. The third-order valence-corrected chi connectivity index (χ3v) is 2.16. The van der Waals surface area contributed by atoms with Crippen LogP contribution >= 0.6 is 0 Å². The van der Waals surface area contributed by atoms with Crippen molar-refractivity contribution in [1.29, 1.82) is 0 Å². The summed E-state index contributed by atoms with van der Waals surface area (Å²) in [5.74, 6) is -0.236. The van der Waals surface area contributed by atoms with Crippen molar-refractivity contribution in [3.8, 4) is 0 Å². The Labute approximate surface area is 93.3 Å². The van der Waals surface area contributed by atoms with Crippen molar-refractivity contribution in [1.82, 2.24) is 9.97 Å². The van der Waals surface area contributed by atoms with Gasteiger partial charge in [0.1, 0.15) is 0 Å². The number of nitrogens with zero attached hydrogens (tertiary/aromatic N) is 2. The molecule has 4 heteroatoms. The van der Waals surface area contributed by atoms with Crippen LogP contribution in [0.25, 0.3) is 11.0 Å². The SMILES string of the molecule is CCOC(=O)Cc1cnc2cccnc2c1. The van der Waals surface area contributed by atoms with Gasteiger partial charge in [-0.3, -0.25) is 14.8 Å². The smallest absolute Gasteiger partial charge is 0.310 e. The Morgan fingerprint density at radius 3 is 3.06 bits per heavy atom. The number of hydrogen-bond acceptors (Lipinski definition) is 4. The fourth-order valence-corrected chi connectivity index (χ4v) is 1.47. The van der Waals surface area contributed by atoms with Crippen molar-refractivity contribution in [3.63, 3.8) is 0 Å². The lowest BCUT2D eigenvalue weighted by atomic mass is 10.2. The summed E-state index contributed by atoms with van der Waals surface area (Å²) in [7, 11) is 0. The summed E-state index contributed by atoms with van der Waals surface area (Å²) in [4.78, 5) is 19.7. The van der Waals surface area contributed by atoms with Crippen LogP contribution in [0.2, 0.25) is 0 Å². The summed E-state index contributed by atoms with van der Waals surface area (Å²) in [5, 5.41) is 0. The molecular weight excluding hydrogens is 204 g/mol. The number of aromatic nitrogens is 2. The minimum absolute atomic E-state index is 0.236. The van der Waals surface area contributed by atoms with E-state index in [1.807, 2.05) is 18.2 Å². The molecule has 0 spiro atoms. The first-order chi connectivity index (χ1) is 7.79. The summed E-state index contributed by atoms with van der Waals surface area (Å²) in [6.07, 6.45) is 3.63. The largest absolute Gasteiger partial charge is 0.466 e. The molecule has 0 aromatic carbocycles. The Morgan fingerprint density at radius 1 is 1.38 bits per heavy atom. The Hall–Kier alpha value is -1.97. The van der Waals surface area contributed by atoms with E-state index in [4.69, 9.17) is 4.74 Å². The maximum absolute atomic E-state index is 11.3. The summed E-state index contributed by atoms with van der Waals surface area (Å²) in [6, 6.07) is 5.58. The second kappa shape index (κ2) is 4.70. The zero-order valence-corrected chi connectivity index (χ0v) is 9.01. The molecule has 0 amide bonds. The fourth-order valence-electron chi connectivity index (χ4n) is 1.47. The van der Waals surface area contributed by atoms with Gasteiger partial charge in [0.2, 0.25) is 0 Å². The standard InChI is InChI=1S/C12H12N2O2/c1-2-16-12(15)7-9-6-11-10(14-8-9)4-3-5-13-11/h3-6,8H,2,7H2,1H3. The maximum atomic E-state index is 11.3. The normalized spacial score (nSPS) is 10.3. The van der Waals surface area contributed by atoms with Gasteiger partial charge in [-0.25, -0.2) is 0 Å². The first-order valence-electron chi connectivity index (χ1n) is 5.15. The molecule has 0 aliphatic rings. The van der Waals surface area contributed by atoms with E-state index in [9.17, 15) is 4.79 Å². The molecule has 2 heterocycles. The van der Waals surface area contributed by atoms with Crippen LogP contribution in [0.4, 0.5) is 0 Å². The zero-order valence-electron chi connectivity index (χ0n) is 9.01. The lowest BCUT2D eigenvalue weighted by molar-refractivity contribution is -0.142. The first kappa shape index (κ1) is 10.5. The third kappa shape index (κ3) is 2.34. The lowest BCUT2D eigenvalue weighted by Crippen LogP contribution is -2.07. The zero-order chi connectivity index (χ0) is 11.4. The highest BCUT2D eigenvalue weighted by Gasteiger charge is 2.05. The van der Waals surface area contributed by atoms with Crippen molar-refractivity contribution in [2.45, 2.75) is 13.3 Å². The van der Waals surface area contributed by atoms with Gasteiger partial charge in [0, 0.05) is 12.4 Å². The molecule has 0 atom stereocenters. The molecule has 0 N–H and O–H groups in total. The molecule has 0 bridgehead atoms. The molecule has 0 saturated heterocycles. The van der Waals surface area contributed by atoms with Crippen LogP contribution in [-0.4, -0.2) is 22.5 Å². The number of carbonyl (C=O) groups excluding carboxylic acids is 1. The van der Waals surface area contributed by atoms with Gasteiger partial charge in [0.05, 0.1) is 24.1 Å². The van der Waals surface area contributed by atoms with Crippen LogP contribution in [0, 0.1) is 0 Å². The Balaban J connectivity index is 2.22. The van der Waals surface area contributed by atoms with Crippen molar-refractivity contribution in [2.75, 3.05) is 6.61 Å². The molecular formula is C12H12N2O2. The molecule has 2 aromatic rings. The number of carbonyl (C=O) groups is 1. The van der Waals surface area contributed by atoms with E-state index >= 15 is 0 Å². The predicted octanol–water partition coefficient (Wildman–Crippen LogP) is 1.74. The molecule has 0 saturated carbocycles. The molecule has 2 rings (SSSR count). The van der Waals surface area contributed by atoms with Crippen LogP contribution in [0.1, 0.15) is 12.5 Å². The molecule has 4 nitrogen and oxygen atoms in total. The van der Waals surface area contributed by atoms with Gasteiger partial charge in [-0.1, -0.05) is 0 Å². The third-order valence-electron chi connectivity index (χ3n) is 2.16.